The van der Waals surface area contributed by atoms with Crippen molar-refractivity contribution in [3.8, 4) is 22.9 Å². The fourth-order valence-corrected chi connectivity index (χ4v) is 2.54. The molecule has 2 aromatic carbocycles. The smallest absolute Gasteiger partial charge is 0.255 e. The Balaban J connectivity index is 1.72. The number of nitrogens with one attached hydrogen (secondary N) is 1. The summed E-state index contributed by atoms with van der Waals surface area (Å²) in [5.41, 5.74) is 1.26. The van der Waals surface area contributed by atoms with Gasteiger partial charge in [-0.25, -0.2) is 0 Å². The van der Waals surface area contributed by atoms with E-state index in [1.165, 1.54) is 0 Å². The highest BCUT2D eigenvalue weighted by Gasteiger charge is 2.20. The first-order chi connectivity index (χ1) is 13.1. The Kier molecular flexibility index (Phi) is 5.71. The minimum atomic E-state index is -0.452. The molecule has 1 N–H and O–H groups in total. The van der Waals surface area contributed by atoms with E-state index < -0.39 is 6.04 Å². The molecule has 3 aromatic rings. The molecule has 0 aliphatic carbocycles. The van der Waals surface area contributed by atoms with Crippen molar-refractivity contribution in [1.29, 1.82) is 0 Å². The third kappa shape index (κ3) is 4.25. The summed E-state index contributed by atoms with van der Waals surface area (Å²) in [7, 11) is 1.61. The minimum Gasteiger partial charge on any atom is -0.497 e. The van der Waals surface area contributed by atoms with Crippen LogP contribution in [0.2, 0.25) is 0 Å². The third-order valence-corrected chi connectivity index (χ3v) is 3.94. The SMILES string of the molecule is CCOc1ccccc1C(=O)N[C@@H](C)c1nc(-c2ccc(OC)cc2)no1. The van der Waals surface area contributed by atoms with E-state index in [-0.39, 0.29) is 5.91 Å². The van der Waals surface area contributed by atoms with Gasteiger partial charge in [0.15, 0.2) is 0 Å². The molecule has 0 unspecified atom stereocenters. The zero-order valence-electron chi connectivity index (χ0n) is 15.4. The van der Waals surface area contributed by atoms with Gasteiger partial charge in [-0.3, -0.25) is 4.79 Å². The van der Waals surface area contributed by atoms with Crippen molar-refractivity contribution in [1.82, 2.24) is 15.5 Å². The van der Waals surface area contributed by atoms with Crippen LogP contribution in [0.4, 0.5) is 0 Å². The molecule has 7 nitrogen and oxygen atoms in total. The summed E-state index contributed by atoms with van der Waals surface area (Å²) >= 11 is 0. The van der Waals surface area contributed by atoms with Gasteiger partial charge in [-0.15, -0.1) is 0 Å². The number of methoxy groups -OCH3 is 1. The van der Waals surface area contributed by atoms with Gasteiger partial charge in [-0.05, 0) is 50.2 Å². The second kappa shape index (κ2) is 8.35. The van der Waals surface area contributed by atoms with E-state index in [1.54, 1.807) is 32.2 Å². The number of para-hydroxylation sites is 1. The number of nitrogens with zero attached hydrogens (tertiary/aromatic N) is 2. The molecule has 0 aliphatic heterocycles. The number of aromatic nitrogens is 2. The van der Waals surface area contributed by atoms with Gasteiger partial charge in [0.2, 0.25) is 11.7 Å². The van der Waals surface area contributed by atoms with Crippen molar-refractivity contribution < 1.29 is 18.8 Å². The van der Waals surface area contributed by atoms with Crippen molar-refractivity contribution >= 4 is 5.91 Å². The molecule has 0 saturated carbocycles. The topological polar surface area (TPSA) is 86.5 Å². The lowest BCUT2D eigenvalue weighted by Gasteiger charge is -2.12. The molecule has 1 amide bonds. The van der Waals surface area contributed by atoms with Crippen LogP contribution in [-0.4, -0.2) is 29.8 Å². The van der Waals surface area contributed by atoms with Gasteiger partial charge in [-0.1, -0.05) is 17.3 Å². The summed E-state index contributed by atoms with van der Waals surface area (Å²) in [4.78, 5) is 17.0. The van der Waals surface area contributed by atoms with E-state index in [9.17, 15) is 4.79 Å². The van der Waals surface area contributed by atoms with E-state index in [1.807, 2.05) is 37.3 Å². The number of carbonyl (C=O) groups is 1. The standard InChI is InChI=1S/C20H21N3O4/c1-4-26-17-8-6-5-7-16(17)19(24)21-13(2)20-22-18(23-27-20)14-9-11-15(25-3)12-10-14/h5-13H,4H2,1-3H3,(H,21,24)/t13-/m0/s1. The summed E-state index contributed by atoms with van der Waals surface area (Å²) in [5, 5.41) is 6.85. The quantitative estimate of drug-likeness (QED) is 0.686. The minimum absolute atomic E-state index is 0.268. The molecular formula is C20H21N3O4. The van der Waals surface area contributed by atoms with Crippen molar-refractivity contribution in [2.45, 2.75) is 19.9 Å². The summed E-state index contributed by atoms with van der Waals surface area (Å²) in [5.74, 6) is 1.78. The molecule has 0 aliphatic rings. The fraction of sp³-hybridized carbons (Fsp3) is 0.250. The van der Waals surface area contributed by atoms with Crippen LogP contribution < -0.4 is 14.8 Å². The molecule has 27 heavy (non-hydrogen) atoms. The largest absolute Gasteiger partial charge is 0.497 e. The number of carbonyl (C=O) groups excluding carboxylic acids is 1. The molecular weight excluding hydrogens is 346 g/mol. The summed E-state index contributed by atoms with van der Waals surface area (Å²) < 4.78 is 16.0. The van der Waals surface area contributed by atoms with E-state index in [0.717, 1.165) is 11.3 Å². The van der Waals surface area contributed by atoms with Crippen LogP contribution in [-0.2, 0) is 0 Å². The zero-order chi connectivity index (χ0) is 19.2. The molecule has 1 atom stereocenters. The van der Waals surface area contributed by atoms with Crippen molar-refractivity contribution in [3.05, 3.63) is 60.0 Å². The van der Waals surface area contributed by atoms with Crippen LogP contribution in [0, 0.1) is 0 Å². The number of hydrogen-bond donors (Lipinski definition) is 1. The highest BCUT2D eigenvalue weighted by molar-refractivity contribution is 5.97. The van der Waals surface area contributed by atoms with Crippen molar-refractivity contribution in [2.24, 2.45) is 0 Å². The van der Waals surface area contributed by atoms with Gasteiger partial charge in [0.05, 0.1) is 19.3 Å². The van der Waals surface area contributed by atoms with Crippen LogP contribution in [0.3, 0.4) is 0 Å². The van der Waals surface area contributed by atoms with Crippen LogP contribution >= 0.6 is 0 Å². The maximum atomic E-state index is 12.6. The van der Waals surface area contributed by atoms with Gasteiger partial charge in [0, 0.05) is 5.56 Å². The molecule has 0 spiro atoms. The normalized spacial score (nSPS) is 11.7. The number of amides is 1. The molecule has 7 heteroatoms. The van der Waals surface area contributed by atoms with Crippen LogP contribution in [0.15, 0.2) is 53.1 Å². The Morgan fingerprint density at radius 1 is 1.19 bits per heavy atom. The van der Waals surface area contributed by atoms with Crippen molar-refractivity contribution in [3.63, 3.8) is 0 Å². The van der Waals surface area contributed by atoms with Gasteiger partial charge in [0.1, 0.15) is 17.5 Å². The predicted molar refractivity (Wildman–Crippen MR) is 99.8 cm³/mol. The summed E-state index contributed by atoms with van der Waals surface area (Å²) in [6.45, 7) is 4.14. The van der Waals surface area contributed by atoms with Gasteiger partial charge >= 0.3 is 0 Å². The van der Waals surface area contributed by atoms with Gasteiger partial charge in [0.25, 0.3) is 5.91 Å². The lowest BCUT2D eigenvalue weighted by Crippen LogP contribution is -2.27. The van der Waals surface area contributed by atoms with Gasteiger partial charge in [-0.2, -0.15) is 4.98 Å². The molecule has 0 radical (unpaired) electrons. The lowest BCUT2D eigenvalue weighted by atomic mass is 10.1. The summed E-state index contributed by atoms with van der Waals surface area (Å²) in [6.07, 6.45) is 0. The Bertz CT molecular complexity index is 906. The maximum absolute atomic E-state index is 12.6. The average molecular weight is 367 g/mol. The Morgan fingerprint density at radius 2 is 1.93 bits per heavy atom. The highest BCUT2D eigenvalue weighted by atomic mass is 16.5. The lowest BCUT2D eigenvalue weighted by molar-refractivity contribution is 0.0928. The molecule has 0 fully saturated rings. The van der Waals surface area contributed by atoms with Gasteiger partial charge < -0.3 is 19.3 Å². The van der Waals surface area contributed by atoms with E-state index in [2.05, 4.69) is 15.5 Å². The molecule has 1 heterocycles. The molecule has 140 valence electrons. The van der Waals surface area contributed by atoms with E-state index in [0.29, 0.717) is 29.6 Å². The number of hydrogen-bond acceptors (Lipinski definition) is 6. The average Bonchev–Trinajstić information content (AvgIpc) is 3.19. The molecule has 0 bridgehead atoms. The summed E-state index contributed by atoms with van der Waals surface area (Å²) in [6, 6.07) is 14.0. The van der Waals surface area contributed by atoms with E-state index in [4.69, 9.17) is 14.0 Å². The first-order valence-electron chi connectivity index (χ1n) is 8.63. The monoisotopic (exact) mass is 367 g/mol. The number of rotatable bonds is 7. The first kappa shape index (κ1) is 18.4. The molecule has 3 rings (SSSR count). The van der Waals surface area contributed by atoms with Crippen LogP contribution in [0.25, 0.3) is 11.4 Å². The number of ether oxygens (including phenoxy) is 2. The van der Waals surface area contributed by atoms with Crippen LogP contribution in [0.5, 0.6) is 11.5 Å². The Hall–Kier alpha value is -3.35. The predicted octanol–water partition coefficient (Wildman–Crippen LogP) is 3.63. The Labute approximate surface area is 157 Å². The maximum Gasteiger partial charge on any atom is 0.255 e. The first-order valence-corrected chi connectivity index (χ1v) is 8.63. The number of benzene rings is 2. The van der Waals surface area contributed by atoms with Crippen LogP contribution in [0.1, 0.15) is 36.1 Å². The van der Waals surface area contributed by atoms with E-state index >= 15 is 0 Å². The molecule has 1 aromatic heterocycles. The second-order valence-electron chi connectivity index (χ2n) is 5.81. The zero-order valence-corrected chi connectivity index (χ0v) is 15.4. The third-order valence-electron chi connectivity index (χ3n) is 3.94. The molecule has 0 saturated heterocycles. The fourth-order valence-electron chi connectivity index (χ4n) is 2.54. The Morgan fingerprint density at radius 3 is 2.63 bits per heavy atom. The van der Waals surface area contributed by atoms with Crippen molar-refractivity contribution in [2.75, 3.05) is 13.7 Å². The second-order valence-corrected chi connectivity index (χ2v) is 5.81. The highest BCUT2D eigenvalue weighted by Crippen LogP contribution is 2.23.